The summed E-state index contributed by atoms with van der Waals surface area (Å²) < 4.78 is 11.2. The first-order chi connectivity index (χ1) is 12.0. The molecule has 0 spiro atoms. The smallest absolute Gasteiger partial charge is 0.248 e. The summed E-state index contributed by atoms with van der Waals surface area (Å²) >= 11 is 0. The molecule has 5 heteroatoms. The minimum Gasteiger partial charge on any atom is -0.496 e. The summed E-state index contributed by atoms with van der Waals surface area (Å²) in [6.45, 7) is 5.84. The number of allylic oxidation sites excluding steroid dienone is 1. The highest BCUT2D eigenvalue weighted by atomic mass is 16.5. The number of aromatic nitrogens is 1. The van der Waals surface area contributed by atoms with E-state index in [4.69, 9.17) is 9.15 Å². The zero-order chi connectivity index (χ0) is 18.0. The first kappa shape index (κ1) is 16.8. The Kier molecular flexibility index (Phi) is 4.57. The molecule has 1 amide bonds. The minimum atomic E-state index is -0.215. The Hall–Kier alpha value is -3.08. The topological polar surface area (TPSA) is 64.4 Å². The fraction of sp³-hybridized carbons (Fsp3) is 0.200. The summed E-state index contributed by atoms with van der Waals surface area (Å²) in [7, 11) is 1.61. The molecule has 25 heavy (non-hydrogen) atoms. The van der Waals surface area contributed by atoms with Crippen LogP contribution in [0.4, 0.5) is 5.69 Å². The molecule has 2 aromatic heterocycles. The summed E-state index contributed by atoms with van der Waals surface area (Å²) in [4.78, 5) is 16.2. The lowest BCUT2D eigenvalue weighted by Gasteiger charge is -2.10. The first-order valence-corrected chi connectivity index (χ1v) is 7.97. The van der Waals surface area contributed by atoms with Crippen LogP contribution >= 0.6 is 0 Å². The SMILES string of the molecule is COc1cc2oc(C)c(C)c2cc1/C(C)=C/C(=O)Nc1cccnc1. The van der Waals surface area contributed by atoms with Gasteiger partial charge in [0.15, 0.2) is 0 Å². The van der Waals surface area contributed by atoms with Gasteiger partial charge in [-0.05, 0) is 50.1 Å². The van der Waals surface area contributed by atoms with Gasteiger partial charge in [-0.2, -0.15) is 0 Å². The van der Waals surface area contributed by atoms with Crippen molar-refractivity contribution in [2.24, 2.45) is 0 Å². The van der Waals surface area contributed by atoms with Crippen molar-refractivity contribution in [3.05, 3.63) is 59.6 Å². The molecule has 0 atom stereocenters. The van der Waals surface area contributed by atoms with Gasteiger partial charge in [0.1, 0.15) is 17.1 Å². The Labute approximate surface area is 146 Å². The summed E-state index contributed by atoms with van der Waals surface area (Å²) in [6, 6.07) is 7.43. The highest BCUT2D eigenvalue weighted by Crippen LogP contribution is 2.34. The number of benzene rings is 1. The summed E-state index contributed by atoms with van der Waals surface area (Å²) in [6.07, 6.45) is 4.82. The molecule has 1 N–H and O–H groups in total. The second-order valence-corrected chi connectivity index (χ2v) is 5.89. The predicted molar refractivity (Wildman–Crippen MR) is 98.8 cm³/mol. The number of pyridine rings is 1. The Bertz CT molecular complexity index is 956. The molecule has 0 saturated carbocycles. The first-order valence-electron chi connectivity index (χ1n) is 7.97. The van der Waals surface area contributed by atoms with E-state index >= 15 is 0 Å². The van der Waals surface area contributed by atoms with E-state index in [0.717, 1.165) is 33.4 Å². The van der Waals surface area contributed by atoms with Crippen molar-refractivity contribution in [2.45, 2.75) is 20.8 Å². The van der Waals surface area contributed by atoms with Gasteiger partial charge in [0, 0.05) is 29.3 Å². The third-order valence-electron chi connectivity index (χ3n) is 4.20. The van der Waals surface area contributed by atoms with Gasteiger partial charge in [-0.15, -0.1) is 0 Å². The quantitative estimate of drug-likeness (QED) is 0.713. The second kappa shape index (κ2) is 6.81. The molecule has 2 heterocycles. The number of carbonyl (C=O) groups excluding carboxylic acids is 1. The van der Waals surface area contributed by atoms with Gasteiger partial charge >= 0.3 is 0 Å². The molecule has 0 fully saturated rings. The molecule has 3 rings (SSSR count). The fourth-order valence-electron chi connectivity index (χ4n) is 2.74. The van der Waals surface area contributed by atoms with E-state index in [1.807, 2.05) is 32.9 Å². The fourth-order valence-corrected chi connectivity index (χ4v) is 2.74. The number of amides is 1. The van der Waals surface area contributed by atoms with Crippen LogP contribution in [0.25, 0.3) is 16.5 Å². The van der Waals surface area contributed by atoms with Crippen LogP contribution in [0.1, 0.15) is 23.8 Å². The molecule has 1 aromatic carbocycles. The third-order valence-corrected chi connectivity index (χ3v) is 4.20. The highest BCUT2D eigenvalue weighted by Gasteiger charge is 2.14. The second-order valence-electron chi connectivity index (χ2n) is 5.89. The Balaban J connectivity index is 1.96. The van der Waals surface area contributed by atoms with Crippen LogP contribution in [0, 0.1) is 13.8 Å². The average molecular weight is 336 g/mol. The van der Waals surface area contributed by atoms with E-state index in [0.29, 0.717) is 11.4 Å². The Morgan fingerprint density at radius 2 is 2.12 bits per heavy atom. The van der Waals surface area contributed by atoms with Gasteiger partial charge < -0.3 is 14.5 Å². The third kappa shape index (κ3) is 3.40. The number of methoxy groups -OCH3 is 1. The molecule has 3 aromatic rings. The van der Waals surface area contributed by atoms with Gasteiger partial charge in [0.05, 0.1) is 19.0 Å². The molecule has 0 saturated heterocycles. The number of fused-ring (bicyclic) bond motifs is 1. The van der Waals surface area contributed by atoms with E-state index < -0.39 is 0 Å². The van der Waals surface area contributed by atoms with Gasteiger partial charge in [-0.3, -0.25) is 9.78 Å². The van der Waals surface area contributed by atoms with Crippen molar-refractivity contribution in [1.82, 2.24) is 4.98 Å². The number of anilines is 1. The maximum atomic E-state index is 12.3. The normalized spacial score (nSPS) is 11.6. The lowest BCUT2D eigenvalue weighted by atomic mass is 10.0. The molecule has 0 bridgehead atoms. The monoisotopic (exact) mass is 336 g/mol. The number of rotatable bonds is 4. The van der Waals surface area contributed by atoms with Crippen LogP contribution in [0.15, 0.2) is 47.2 Å². The Morgan fingerprint density at radius 3 is 2.80 bits per heavy atom. The number of furan rings is 1. The molecule has 0 unspecified atom stereocenters. The summed E-state index contributed by atoms with van der Waals surface area (Å²) in [5.74, 6) is 1.34. The number of ether oxygens (including phenoxy) is 1. The van der Waals surface area contributed by atoms with Gasteiger partial charge in [0.25, 0.3) is 0 Å². The van der Waals surface area contributed by atoms with Crippen molar-refractivity contribution in [3.63, 3.8) is 0 Å². The standard InChI is InChI=1S/C20H20N2O3/c1-12(8-20(23)22-15-6-5-7-21-11-15)16-9-17-13(2)14(3)25-19(17)10-18(16)24-4/h5-11H,1-4H3,(H,22,23)/b12-8+. The van der Waals surface area contributed by atoms with Gasteiger partial charge in [-0.1, -0.05) is 0 Å². The number of nitrogens with one attached hydrogen (secondary N) is 1. The van der Waals surface area contributed by atoms with E-state index in [9.17, 15) is 4.79 Å². The lowest BCUT2D eigenvalue weighted by molar-refractivity contribution is -0.111. The van der Waals surface area contributed by atoms with Crippen LogP contribution in [0.3, 0.4) is 0 Å². The van der Waals surface area contributed by atoms with E-state index in [1.165, 1.54) is 0 Å². The maximum absolute atomic E-state index is 12.3. The van der Waals surface area contributed by atoms with Crippen molar-refractivity contribution < 1.29 is 13.9 Å². The van der Waals surface area contributed by atoms with Crippen LogP contribution in [-0.4, -0.2) is 18.0 Å². The maximum Gasteiger partial charge on any atom is 0.248 e. The summed E-state index contributed by atoms with van der Waals surface area (Å²) in [5, 5.41) is 3.82. The number of hydrogen-bond acceptors (Lipinski definition) is 4. The number of hydrogen-bond donors (Lipinski definition) is 1. The zero-order valence-electron chi connectivity index (χ0n) is 14.7. The molecular weight excluding hydrogens is 316 g/mol. The molecule has 0 radical (unpaired) electrons. The molecule has 0 aliphatic rings. The van der Waals surface area contributed by atoms with Gasteiger partial charge in [-0.25, -0.2) is 0 Å². The molecule has 128 valence electrons. The van der Waals surface area contributed by atoms with Crippen LogP contribution in [0.5, 0.6) is 5.75 Å². The van der Waals surface area contributed by atoms with Crippen molar-refractivity contribution in [3.8, 4) is 5.75 Å². The molecule has 0 aliphatic heterocycles. The largest absolute Gasteiger partial charge is 0.496 e. The average Bonchev–Trinajstić information content (AvgIpc) is 2.88. The van der Waals surface area contributed by atoms with Gasteiger partial charge in [0.2, 0.25) is 5.91 Å². The minimum absolute atomic E-state index is 0.215. The van der Waals surface area contributed by atoms with E-state index in [1.54, 1.807) is 37.7 Å². The molecule has 5 nitrogen and oxygen atoms in total. The zero-order valence-corrected chi connectivity index (χ0v) is 14.7. The van der Waals surface area contributed by atoms with Crippen LogP contribution in [-0.2, 0) is 4.79 Å². The van der Waals surface area contributed by atoms with Crippen LogP contribution < -0.4 is 10.1 Å². The predicted octanol–water partition coefficient (Wildman–Crippen LogP) is 4.50. The lowest BCUT2D eigenvalue weighted by Crippen LogP contribution is -2.08. The molecular formula is C20H20N2O3. The van der Waals surface area contributed by atoms with E-state index in [2.05, 4.69) is 10.3 Å². The van der Waals surface area contributed by atoms with Crippen LogP contribution in [0.2, 0.25) is 0 Å². The highest BCUT2D eigenvalue weighted by molar-refractivity contribution is 6.04. The van der Waals surface area contributed by atoms with Crippen molar-refractivity contribution >= 4 is 28.1 Å². The molecule has 0 aliphatic carbocycles. The number of carbonyl (C=O) groups is 1. The van der Waals surface area contributed by atoms with Crippen molar-refractivity contribution in [1.29, 1.82) is 0 Å². The Morgan fingerprint density at radius 1 is 1.32 bits per heavy atom. The summed E-state index contributed by atoms with van der Waals surface area (Å²) in [5.41, 5.74) is 4.19. The van der Waals surface area contributed by atoms with E-state index in [-0.39, 0.29) is 5.91 Å². The number of nitrogens with zero attached hydrogens (tertiary/aromatic N) is 1. The van der Waals surface area contributed by atoms with Crippen molar-refractivity contribution in [2.75, 3.05) is 12.4 Å². The number of aryl methyl sites for hydroxylation is 2.